The molecule has 0 fully saturated rings. The maximum atomic E-state index is 11.4. The molecule has 31 heavy (non-hydrogen) atoms. The molecule has 1 unspecified atom stereocenters. The number of benzene rings is 2. The number of hydrogen-bond acceptors (Lipinski definition) is 3. The van der Waals surface area contributed by atoms with Crippen LogP contribution >= 0.6 is 5.51 Å². The molecule has 0 radical (unpaired) electrons. The van der Waals surface area contributed by atoms with E-state index >= 15 is 0 Å². The number of rotatable bonds is 9. The number of methoxy groups -OCH3 is 1. The summed E-state index contributed by atoms with van der Waals surface area (Å²) in [5.74, 6) is -0.347. The van der Waals surface area contributed by atoms with Crippen LogP contribution in [-0.2, 0) is 22.4 Å². The summed E-state index contributed by atoms with van der Waals surface area (Å²) in [6.07, 6.45) is 14.4. The standard InChI is InChI=1S/C26H30NO2PSe/c1-22-21-25(13-17-27(22)18-14-26(28)29-2)30(31,19-15-23-9-5-3-6-10-23)20-16-24-11-7-4-8-12-24/h3-14,17-18,21,25H,15-16,19-20H2,1-2H3/b18-14+. The molecule has 1 heterocycles. The van der Waals surface area contributed by atoms with Crippen molar-refractivity contribution in [1.82, 2.24) is 4.90 Å². The number of hydrogen-bond donors (Lipinski definition) is 0. The van der Waals surface area contributed by atoms with Crippen LogP contribution < -0.4 is 0 Å². The van der Waals surface area contributed by atoms with Crippen LogP contribution in [-0.4, -0.2) is 51.1 Å². The van der Waals surface area contributed by atoms with Gasteiger partial charge in [0.1, 0.15) is 0 Å². The predicted octanol–water partition coefficient (Wildman–Crippen LogP) is 5.36. The van der Waals surface area contributed by atoms with Crippen molar-refractivity contribution in [3.8, 4) is 0 Å². The summed E-state index contributed by atoms with van der Waals surface area (Å²) in [5.41, 5.74) is 2.90. The van der Waals surface area contributed by atoms with Crippen LogP contribution in [0.3, 0.4) is 0 Å². The Labute approximate surface area is 193 Å². The molecule has 1 aliphatic heterocycles. The molecule has 2 aromatic rings. The van der Waals surface area contributed by atoms with E-state index in [2.05, 4.69) is 101 Å². The minimum absolute atomic E-state index is 0.347. The number of esters is 1. The number of ether oxygens (including phenoxy) is 1. The molecule has 2 aromatic carbocycles. The van der Waals surface area contributed by atoms with Crippen LogP contribution in [0.4, 0.5) is 0 Å². The summed E-state index contributed by atoms with van der Waals surface area (Å²) in [5, 5.41) is 0. The van der Waals surface area contributed by atoms with Gasteiger partial charge in [0.05, 0.1) is 0 Å². The second-order valence-corrected chi connectivity index (χ2v) is 15.7. The number of nitrogens with zero attached hydrogens (tertiary/aromatic N) is 1. The molecule has 0 bridgehead atoms. The fourth-order valence-electron chi connectivity index (χ4n) is 3.69. The molecule has 0 amide bonds. The molecular weight excluding hydrogens is 468 g/mol. The third kappa shape index (κ3) is 6.94. The molecule has 0 saturated heterocycles. The Balaban J connectivity index is 1.77. The van der Waals surface area contributed by atoms with E-state index < -0.39 is 5.51 Å². The Bertz CT molecular complexity index is 951. The average molecular weight is 498 g/mol. The number of aryl methyl sites for hydroxylation is 2. The molecule has 5 heteroatoms. The van der Waals surface area contributed by atoms with Crippen molar-refractivity contribution < 1.29 is 9.53 Å². The summed E-state index contributed by atoms with van der Waals surface area (Å²) < 4.78 is 4.70. The fraction of sp³-hybridized carbons (Fsp3) is 0.269. The van der Waals surface area contributed by atoms with Gasteiger partial charge < -0.3 is 0 Å². The number of allylic oxidation sites excluding steroid dienone is 3. The molecular formula is C26H30NO2PSe. The van der Waals surface area contributed by atoms with E-state index in [-0.39, 0.29) is 5.97 Å². The van der Waals surface area contributed by atoms with Crippen LogP contribution in [0.1, 0.15) is 18.1 Å². The van der Waals surface area contributed by atoms with Crippen LogP contribution in [0.5, 0.6) is 0 Å². The Hall–Kier alpha value is -2.12. The van der Waals surface area contributed by atoms with Crippen molar-refractivity contribution in [2.24, 2.45) is 0 Å². The number of carbonyl (C=O) groups excluding carboxylic acids is 1. The topological polar surface area (TPSA) is 29.5 Å². The van der Waals surface area contributed by atoms with E-state index in [9.17, 15) is 4.79 Å². The summed E-state index contributed by atoms with van der Waals surface area (Å²) in [6, 6.07) is 21.5. The summed E-state index contributed by atoms with van der Waals surface area (Å²) in [7, 11) is 1.39. The van der Waals surface area contributed by atoms with Crippen LogP contribution in [0.2, 0.25) is 0 Å². The third-order valence-electron chi connectivity index (χ3n) is 5.62. The molecule has 0 saturated carbocycles. The van der Waals surface area contributed by atoms with Crippen molar-refractivity contribution in [3.63, 3.8) is 0 Å². The van der Waals surface area contributed by atoms with E-state index in [1.54, 1.807) is 6.20 Å². The van der Waals surface area contributed by atoms with Gasteiger partial charge in [-0.15, -0.1) is 0 Å². The van der Waals surface area contributed by atoms with Gasteiger partial charge in [-0.3, -0.25) is 0 Å². The van der Waals surface area contributed by atoms with E-state index in [0.29, 0.717) is 5.66 Å². The first-order valence-corrected chi connectivity index (χ1v) is 15.0. The van der Waals surface area contributed by atoms with Gasteiger partial charge in [0.25, 0.3) is 0 Å². The van der Waals surface area contributed by atoms with Gasteiger partial charge in [0.2, 0.25) is 0 Å². The molecule has 1 atom stereocenters. The molecule has 162 valence electrons. The Morgan fingerprint density at radius 2 is 1.58 bits per heavy atom. The van der Waals surface area contributed by atoms with Crippen molar-refractivity contribution in [2.75, 3.05) is 19.4 Å². The molecule has 0 aliphatic carbocycles. The quantitative estimate of drug-likeness (QED) is 0.202. The van der Waals surface area contributed by atoms with Gasteiger partial charge in [0.15, 0.2) is 0 Å². The van der Waals surface area contributed by atoms with Gasteiger partial charge in [0, 0.05) is 0 Å². The average Bonchev–Trinajstić information content (AvgIpc) is 2.81. The van der Waals surface area contributed by atoms with Gasteiger partial charge in [-0.25, -0.2) is 0 Å². The van der Waals surface area contributed by atoms with Gasteiger partial charge in [-0.1, -0.05) is 0 Å². The zero-order chi connectivity index (χ0) is 22.1. The van der Waals surface area contributed by atoms with E-state index in [1.807, 2.05) is 4.90 Å². The van der Waals surface area contributed by atoms with Crippen molar-refractivity contribution >= 4 is 26.6 Å². The van der Waals surface area contributed by atoms with Crippen molar-refractivity contribution in [1.29, 1.82) is 0 Å². The zero-order valence-electron chi connectivity index (χ0n) is 18.2. The second kappa shape index (κ2) is 11.5. The monoisotopic (exact) mass is 499 g/mol. The van der Waals surface area contributed by atoms with Gasteiger partial charge >= 0.3 is 194 Å². The third-order valence-corrected chi connectivity index (χ3v) is 12.8. The van der Waals surface area contributed by atoms with Crippen LogP contribution in [0.15, 0.2) is 97.0 Å². The van der Waals surface area contributed by atoms with Crippen LogP contribution in [0, 0.1) is 0 Å². The second-order valence-electron chi connectivity index (χ2n) is 7.76. The van der Waals surface area contributed by atoms with E-state index in [1.165, 1.54) is 36.6 Å². The normalized spacial score (nSPS) is 16.4. The first-order chi connectivity index (χ1) is 15.0. The summed E-state index contributed by atoms with van der Waals surface area (Å²) >= 11 is 3.70. The van der Waals surface area contributed by atoms with Gasteiger partial charge in [-0.05, 0) is 0 Å². The van der Waals surface area contributed by atoms with Gasteiger partial charge in [-0.2, -0.15) is 0 Å². The first-order valence-electron chi connectivity index (χ1n) is 10.6. The first kappa shape index (κ1) is 23.5. The molecule has 3 rings (SSSR count). The minimum atomic E-state index is -1.41. The fourth-order valence-corrected chi connectivity index (χ4v) is 8.64. The zero-order valence-corrected chi connectivity index (χ0v) is 20.8. The van der Waals surface area contributed by atoms with E-state index in [4.69, 9.17) is 4.74 Å². The predicted molar refractivity (Wildman–Crippen MR) is 132 cm³/mol. The number of carbonyl (C=O) groups is 1. The molecule has 0 spiro atoms. The molecule has 3 nitrogen and oxygen atoms in total. The van der Waals surface area contributed by atoms with Crippen molar-refractivity contribution in [2.45, 2.75) is 25.4 Å². The molecule has 1 aliphatic rings. The Kier molecular flexibility index (Phi) is 8.72. The summed E-state index contributed by atoms with van der Waals surface area (Å²) in [6.45, 7) is 2.09. The molecule has 0 N–H and O–H groups in total. The Morgan fingerprint density at radius 1 is 1.03 bits per heavy atom. The Morgan fingerprint density at radius 3 is 2.06 bits per heavy atom. The van der Waals surface area contributed by atoms with E-state index in [0.717, 1.165) is 18.5 Å². The SMILES string of the molecule is COC(=O)/C=C/N1C=CC(P(=[Se])(CCc2ccccc2)CCc2ccccc2)C=C1C. The summed E-state index contributed by atoms with van der Waals surface area (Å²) in [4.78, 5) is 13.4. The van der Waals surface area contributed by atoms with Crippen molar-refractivity contribution in [3.05, 3.63) is 108 Å². The van der Waals surface area contributed by atoms with Crippen LogP contribution in [0.25, 0.3) is 0 Å². The maximum absolute atomic E-state index is 11.4. The molecule has 0 aromatic heterocycles.